The number of aromatic nitrogens is 2. The lowest BCUT2D eigenvalue weighted by Crippen LogP contribution is -2.57. The molecule has 1 fully saturated rings. The van der Waals surface area contributed by atoms with Crippen molar-refractivity contribution in [3.05, 3.63) is 47.2 Å². The number of carboxylic acid groups (broad SMARTS) is 1. The molecule has 0 spiro atoms. The predicted octanol–water partition coefficient (Wildman–Crippen LogP) is 2.60. The van der Waals surface area contributed by atoms with E-state index in [1.165, 1.54) is 4.90 Å². The first-order chi connectivity index (χ1) is 12.9. The maximum absolute atomic E-state index is 13.1. The van der Waals surface area contributed by atoms with E-state index >= 15 is 0 Å². The number of carbonyl (C=O) groups is 2. The molecule has 2 aromatic rings. The highest BCUT2D eigenvalue weighted by Gasteiger charge is 2.49. The molecule has 2 atom stereocenters. The van der Waals surface area contributed by atoms with Crippen molar-refractivity contribution in [3.8, 4) is 5.69 Å². The predicted molar refractivity (Wildman–Crippen MR) is 100 cm³/mol. The Morgan fingerprint density at radius 3 is 2.81 bits per heavy atom. The van der Waals surface area contributed by atoms with Gasteiger partial charge in [-0.3, -0.25) is 9.59 Å². The summed E-state index contributed by atoms with van der Waals surface area (Å²) in [7, 11) is 0. The minimum atomic E-state index is -1.35. The van der Waals surface area contributed by atoms with Crippen LogP contribution in [-0.2, 0) is 4.79 Å². The van der Waals surface area contributed by atoms with Crippen molar-refractivity contribution in [3.63, 3.8) is 0 Å². The van der Waals surface area contributed by atoms with E-state index in [1.54, 1.807) is 41.3 Å². The third kappa shape index (κ3) is 3.57. The van der Waals surface area contributed by atoms with Gasteiger partial charge in [0, 0.05) is 25.5 Å². The van der Waals surface area contributed by atoms with Gasteiger partial charge in [-0.25, -0.2) is 4.68 Å². The molecule has 8 heteroatoms. The molecule has 7 nitrogen and oxygen atoms in total. The van der Waals surface area contributed by atoms with E-state index in [0.717, 1.165) is 0 Å². The maximum atomic E-state index is 13.1. The zero-order valence-corrected chi connectivity index (χ0v) is 15.8. The topological polar surface area (TPSA) is 95.7 Å². The number of nitrogens with zero attached hydrogens (tertiary/aromatic N) is 3. The highest BCUT2D eigenvalue weighted by atomic mass is 35.5. The van der Waals surface area contributed by atoms with Gasteiger partial charge in [0.15, 0.2) is 0 Å². The average Bonchev–Trinajstić information content (AvgIpc) is 3.18. The fourth-order valence-corrected chi connectivity index (χ4v) is 3.87. The van der Waals surface area contributed by atoms with Gasteiger partial charge in [0.1, 0.15) is 5.41 Å². The highest BCUT2D eigenvalue weighted by molar-refractivity contribution is 6.33. The Balaban J connectivity index is 1.91. The Kier molecular flexibility index (Phi) is 5.53. The number of carbonyl (C=O) groups excluding carboxylic acids is 1. The third-order valence-corrected chi connectivity index (χ3v) is 5.47. The number of aliphatic hydroxyl groups excluding tert-OH is 1. The molecule has 1 aliphatic heterocycles. The first kappa shape index (κ1) is 19.4. The van der Waals surface area contributed by atoms with Crippen molar-refractivity contribution in [2.75, 3.05) is 13.1 Å². The lowest BCUT2D eigenvalue weighted by molar-refractivity contribution is -0.162. The normalized spacial score (nSPS) is 22.6. The number of hydrogen-bond acceptors (Lipinski definition) is 4. The monoisotopic (exact) mass is 391 g/mol. The quantitative estimate of drug-likeness (QED) is 0.816. The van der Waals surface area contributed by atoms with Crippen LogP contribution in [0.1, 0.15) is 36.5 Å². The van der Waals surface area contributed by atoms with Gasteiger partial charge < -0.3 is 15.1 Å². The lowest BCUT2D eigenvalue weighted by Gasteiger charge is -2.43. The molecule has 0 unspecified atom stereocenters. The van der Waals surface area contributed by atoms with Crippen LogP contribution in [-0.4, -0.2) is 56.0 Å². The SMILES string of the molecule is CCC[C@@]1(C(=O)O)CN(C(=O)c2cc(-n3cccn3)ccc2Cl)CC[C@H]1O. The fraction of sp³-hybridized carbons (Fsp3) is 0.421. The van der Waals surface area contributed by atoms with Gasteiger partial charge in [-0.15, -0.1) is 0 Å². The van der Waals surface area contributed by atoms with E-state index in [0.29, 0.717) is 23.6 Å². The minimum Gasteiger partial charge on any atom is -0.481 e. The van der Waals surface area contributed by atoms with Crippen LogP contribution >= 0.6 is 11.6 Å². The molecule has 144 valence electrons. The minimum absolute atomic E-state index is 0.0432. The molecular formula is C19H22ClN3O4. The summed E-state index contributed by atoms with van der Waals surface area (Å²) in [6.07, 6.45) is 3.52. The van der Waals surface area contributed by atoms with Crippen LogP contribution in [0, 0.1) is 5.41 Å². The number of benzene rings is 1. The van der Waals surface area contributed by atoms with Gasteiger partial charge in [-0.1, -0.05) is 24.9 Å². The van der Waals surface area contributed by atoms with Crippen LogP contribution in [0.3, 0.4) is 0 Å². The number of rotatable bonds is 5. The maximum Gasteiger partial charge on any atom is 0.314 e. The summed E-state index contributed by atoms with van der Waals surface area (Å²) in [5.74, 6) is -1.42. The van der Waals surface area contributed by atoms with E-state index in [1.807, 2.05) is 6.92 Å². The first-order valence-electron chi connectivity index (χ1n) is 8.89. The van der Waals surface area contributed by atoms with Crippen LogP contribution in [0.25, 0.3) is 5.69 Å². The molecule has 2 N–H and O–H groups in total. The van der Waals surface area contributed by atoms with E-state index in [4.69, 9.17) is 11.6 Å². The molecule has 1 saturated heterocycles. The van der Waals surface area contributed by atoms with Gasteiger partial charge in [-0.05, 0) is 37.1 Å². The Morgan fingerprint density at radius 2 is 2.19 bits per heavy atom. The molecule has 2 heterocycles. The fourth-order valence-electron chi connectivity index (χ4n) is 3.67. The Labute approximate surface area is 162 Å². The van der Waals surface area contributed by atoms with E-state index < -0.39 is 17.5 Å². The van der Waals surface area contributed by atoms with Gasteiger partial charge in [0.05, 0.1) is 22.4 Å². The van der Waals surface area contributed by atoms with E-state index in [2.05, 4.69) is 5.10 Å². The first-order valence-corrected chi connectivity index (χ1v) is 9.27. The molecule has 0 bridgehead atoms. The molecule has 0 saturated carbocycles. The van der Waals surface area contributed by atoms with Crippen molar-refractivity contribution in [1.29, 1.82) is 0 Å². The van der Waals surface area contributed by atoms with E-state index in [-0.39, 0.29) is 31.0 Å². The number of aliphatic carboxylic acids is 1. The number of hydrogen-bond donors (Lipinski definition) is 2. The molecular weight excluding hydrogens is 370 g/mol. The standard InChI is InChI=1S/C19H22ClN3O4/c1-2-7-19(18(26)27)12-22(10-6-16(19)24)17(25)14-11-13(4-5-15(14)20)23-9-3-8-21-23/h3-5,8-9,11,16,24H,2,6-7,10,12H2,1H3,(H,26,27)/t16-,19-/m1/s1. The zero-order chi connectivity index (χ0) is 19.6. The van der Waals surface area contributed by atoms with Crippen molar-refractivity contribution in [2.24, 2.45) is 5.41 Å². The highest BCUT2D eigenvalue weighted by Crippen LogP contribution is 2.36. The van der Waals surface area contributed by atoms with Crippen molar-refractivity contribution < 1.29 is 19.8 Å². The third-order valence-electron chi connectivity index (χ3n) is 5.14. The smallest absolute Gasteiger partial charge is 0.314 e. The second kappa shape index (κ2) is 7.70. The van der Waals surface area contributed by atoms with Crippen molar-refractivity contribution >= 4 is 23.5 Å². The van der Waals surface area contributed by atoms with Crippen LogP contribution in [0.5, 0.6) is 0 Å². The summed E-state index contributed by atoms with van der Waals surface area (Å²) in [5.41, 5.74) is -0.381. The molecule has 1 amide bonds. The van der Waals surface area contributed by atoms with Crippen LogP contribution in [0.15, 0.2) is 36.7 Å². The van der Waals surface area contributed by atoms with Gasteiger partial charge in [0.2, 0.25) is 0 Å². The summed E-state index contributed by atoms with van der Waals surface area (Å²) in [6.45, 7) is 2.10. The average molecular weight is 392 g/mol. The number of aliphatic hydroxyl groups is 1. The Hall–Kier alpha value is -2.38. The van der Waals surface area contributed by atoms with Gasteiger partial charge in [-0.2, -0.15) is 5.10 Å². The van der Waals surface area contributed by atoms with E-state index in [9.17, 15) is 19.8 Å². The summed E-state index contributed by atoms with van der Waals surface area (Å²) >= 11 is 6.25. The Morgan fingerprint density at radius 1 is 1.41 bits per heavy atom. The lowest BCUT2D eigenvalue weighted by atomic mass is 9.74. The van der Waals surface area contributed by atoms with Crippen molar-refractivity contribution in [1.82, 2.24) is 14.7 Å². The zero-order valence-electron chi connectivity index (χ0n) is 15.0. The molecule has 0 aliphatic carbocycles. The number of likely N-dealkylation sites (tertiary alicyclic amines) is 1. The van der Waals surface area contributed by atoms with Crippen LogP contribution in [0.2, 0.25) is 5.02 Å². The second-order valence-electron chi connectivity index (χ2n) is 6.86. The van der Waals surface area contributed by atoms with Crippen LogP contribution < -0.4 is 0 Å². The van der Waals surface area contributed by atoms with Crippen molar-refractivity contribution in [2.45, 2.75) is 32.3 Å². The summed E-state index contributed by atoms with van der Waals surface area (Å²) in [6, 6.07) is 6.80. The molecule has 3 rings (SSSR count). The largest absolute Gasteiger partial charge is 0.481 e. The van der Waals surface area contributed by atoms with Crippen LogP contribution in [0.4, 0.5) is 0 Å². The number of carboxylic acids is 1. The Bertz CT molecular complexity index is 839. The summed E-state index contributed by atoms with van der Waals surface area (Å²) in [4.78, 5) is 26.5. The molecule has 1 aromatic heterocycles. The molecule has 1 aromatic carbocycles. The van der Waals surface area contributed by atoms with Gasteiger partial charge in [0.25, 0.3) is 5.91 Å². The molecule has 1 aliphatic rings. The number of halogens is 1. The molecule has 0 radical (unpaired) electrons. The summed E-state index contributed by atoms with van der Waals surface area (Å²) in [5, 5.41) is 24.5. The second-order valence-corrected chi connectivity index (χ2v) is 7.26. The number of piperidine rings is 1. The summed E-state index contributed by atoms with van der Waals surface area (Å²) < 4.78 is 1.62. The number of amides is 1. The van der Waals surface area contributed by atoms with Gasteiger partial charge >= 0.3 is 5.97 Å². The molecule has 27 heavy (non-hydrogen) atoms.